The van der Waals surface area contributed by atoms with Crippen molar-refractivity contribution in [3.8, 4) is 0 Å². The molecule has 0 saturated carbocycles. The Balaban J connectivity index is 2.30. The Bertz CT molecular complexity index is 556. The van der Waals surface area contributed by atoms with Crippen molar-refractivity contribution in [2.24, 2.45) is 0 Å². The molecule has 4 nitrogen and oxygen atoms in total. The van der Waals surface area contributed by atoms with Gasteiger partial charge in [-0.15, -0.1) is 6.58 Å². The summed E-state index contributed by atoms with van der Waals surface area (Å²) in [5, 5.41) is 9.37. The lowest BCUT2D eigenvalue weighted by atomic mass is 9.93. The maximum absolute atomic E-state index is 12.2. The molecule has 1 aromatic rings. The molecule has 1 aromatic carbocycles. The van der Waals surface area contributed by atoms with Gasteiger partial charge in [0.1, 0.15) is 6.04 Å². The molecule has 1 heterocycles. The van der Waals surface area contributed by atoms with Crippen molar-refractivity contribution >= 4 is 27.8 Å². The molecule has 0 spiro atoms. The first-order valence-corrected chi connectivity index (χ1v) is 7.23. The molecule has 20 heavy (non-hydrogen) atoms. The number of benzene rings is 1. The van der Waals surface area contributed by atoms with Gasteiger partial charge in [-0.1, -0.05) is 34.1 Å². The highest BCUT2D eigenvalue weighted by molar-refractivity contribution is 9.10. The van der Waals surface area contributed by atoms with Crippen LogP contribution in [0.3, 0.4) is 0 Å². The quantitative estimate of drug-likeness (QED) is 0.859. The van der Waals surface area contributed by atoms with Crippen molar-refractivity contribution in [3.05, 3.63) is 46.5 Å². The van der Waals surface area contributed by atoms with Crippen LogP contribution in [0.5, 0.6) is 0 Å². The van der Waals surface area contributed by atoms with Gasteiger partial charge in [0.25, 0.3) is 0 Å². The Morgan fingerprint density at radius 2 is 2.25 bits per heavy atom. The molecule has 1 aliphatic heterocycles. The molecular weight excluding hydrogens is 322 g/mol. The maximum Gasteiger partial charge on any atom is 0.326 e. The highest BCUT2D eigenvalue weighted by Crippen LogP contribution is 2.30. The molecule has 2 rings (SSSR count). The predicted octanol–water partition coefficient (Wildman–Crippen LogP) is 2.75. The van der Waals surface area contributed by atoms with Crippen molar-refractivity contribution in [1.29, 1.82) is 0 Å². The molecule has 0 aromatic heterocycles. The Hall–Kier alpha value is -1.62. The number of rotatable bonds is 4. The molecule has 1 aliphatic rings. The Kier molecular flexibility index (Phi) is 4.60. The lowest BCUT2D eigenvalue weighted by Gasteiger charge is -2.35. The van der Waals surface area contributed by atoms with Gasteiger partial charge < -0.3 is 10.0 Å². The van der Waals surface area contributed by atoms with Gasteiger partial charge in [-0.3, -0.25) is 4.79 Å². The third-order valence-electron chi connectivity index (χ3n) is 3.50. The maximum atomic E-state index is 12.2. The number of nitrogens with zero attached hydrogens (tertiary/aromatic N) is 1. The van der Waals surface area contributed by atoms with E-state index < -0.39 is 12.0 Å². The smallest absolute Gasteiger partial charge is 0.326 e. The number of carbonyl (C=O) groups excluding carboxylic acids is 1. The number of carboxylic acids is 1. The molecule has 0 fully saturated rings. The number of hydrogen-bond acceptors (Lipinski definition) is 2. The van der Waals surface area contributed by atoms with Gasteiger partial charge in [0.15, 0.2) is 0 Å². The Morgan fingerprint density at radius 3 is 2.90 bits per heavy atom. The Labute approximate surface area is 126 Å². The number of allylic oxidation sites excluding steroid dienone is 1. The fraction of sp³-hybridized carbons (Fsp3) is 0.333. The average molecular weight is 338 g/mol. The van der Waals surface area contributed by atoms with Crippen LogP contribution >= 0.6 is 15.9 Å². The second-order valence-electron chi connectivity index (χ2n) is 4.78. The van der Waals surface area contributed by atoms with Crippen LogP contribution in [-0.2, 0) is 22.6 Å². The standard InChI is InChI=1S/C15H16BrNO3/c1-2-3-7-14(18)17-9-10-5-4-6-12(16)11(10)8-13(17)15(19)20/h2,4-6,13H,1,3,7-9H2,(H,19,20). The molecular formula is C15H16BrNO3. The van der Waals surface area contributed by atoms with Crippen LogP contribution in [-0.4, -0.2) is 27.9 Å². The van der Waals surface area contributed by atoms with Gasteiger partial charge in [0.05, 0.1) is 0 Å². The van der Waals surface area contributed by atoms with Gasteiger partial charge >= 0.3 is 5.97 Å². The number of aliphatic carboxylic acids is 1. The monoisotopic (exact) mass is 337 g/mol. The van der Waals surface area contributed by atoms with E-state index in [-0.39, 0.29) is 5.91 Å². The molecule has 106 valence electrons. The lowest BCUT2D eigenvalue weighted by molar-refractivity contribution is -0.151. The number of carbonyl (C=O) groups is 2. The van der Waals surface area contributed by atoms with Gasteiger partial charge in [-0.25, -0.2) is 4.79 Å². The molecule has 1 amide bonds. The summed E-state index contributed by atoms with van der Waals surface area (Å²) < 4.78 is 0.902. The van der Waals surface area contributed by atoms with Gasteiger partial charge in [0, 0.05) is 23.9 Å². The molecule has 0 saturated heterocycles. The van der Waals surface area contributed by atoms with Crippen LogP contribution in [0.1, 0.15) is 24.0 Å². The van der Waals surface area contributed by atoms with Crippen LogP contribution in [0.2, 0.25) is 0 Å². The summed E-state index contributed by atoms with van der Waals surface area (Å²) in [5.41, 5.74) is 1.98. The third-order valence-corrected chi connectivity index (χ3v) is 4.24. The summed E-state index contributed by atoms with van der Waals surface area (Å²) in [7, 11) is 0. The van der Waals surface area contributed by atoms with E-state index in [1.54, 1.807) is 6.08 Å². The van der Waals surface area contributed by atoms with E-state index in [1.165, 1.54) is 4.90 Å². The number of amides is 1. The third kappa shape index (κ3) is 2.93. The van der Waals surface area contributed by atoms with Crippen LogP contribution in [0.15, 0.2) is 35.3 Å². The fourth-order valence-corrected chi connectivity index (χ4v) is 3.00. The number of hydrogen-bond donors (Lipinski definition) is 1. The van der Waals surface area contributed by atoms with Crippen LogP contribution in [0, 0.1) is 0 Å². The molecule has 5 heteroatoms. The lowest BCUT2D eigenvalue weighted by Crippen LogP contribution is -2.48. The van der Waals surface area contributed by atoms with Crippen molar-refractivity contribution < 1.29 is 14.7 Å². The number of fused-ring (bicyclic) bond motifs is 1. The van der Waals surface area contributed by atoms with E-state index in [0.717, 1.165) is 15.6 Å². The minimum Gasteiger partial charge on any atom is -0.480 e. The summed E-state index contributed by atoms with van der Waals surface area (Å²) in [6, 6.07) is 4.94. The van der Waals surface area contributed by atoms with E-state index in [4.69, 9.17) is 0 Å². The van der Waals surface area contributed by atoms with Crippen molar-refractivity contribution in [2.75, 3.05) is 0 Å². The van der Waals surface area contributed by atoms with E-state index in [0.29, 0.717) is 25.8 Å². The van der Waals surface area contributed by atoms with Crippen molar-refractivity contribution in [1.82, 2.24) is 4.90 Å². The fourth-order valence-electron chi connectivity index (χ4n) is 2.43. The van der Waals surface area contributed by atoms with Crippen molar-refractivity contribution in [3.63, 3.8) is 0 Å². The second kappa shape index (κ2) is 6.22. The molecule has 1 N–H and O–H groups in total. The number of halogens is 1. The van der Waals surface area contributed by atoms with E-state index >= 15 is 0 Å². The van der Waals surface area contributed by atoms with Gasteiger partial charge in [-0.05, 0) is 23.6 Å². The van der Waals surface area contributed by atoms with Crippen LogP contribution in [0.25, 0.3) is 0 Å². The SMILES string of the molecule is C=CCCC(=O)N1Cc2cccc(Br)c2CC1C(=O)O. The highest BCUT2D eigenvalue weighted by atomic mass is 79.9. The molecule has 1 atom stereocenters. The summed E-state index contributed by atoms with van der Waals surface area (Å²) in [6.07, 6.45) is 2.87. The van der Waals surface area contributed by atoms with Gasteiger partial charge in [0.2, 0.25) is 5.91 Å². The zero-order valence-electron chi connectivity index (χ0n) is 11.0. The highest BCUT2D eigenvalue weighted by Gasteiger charge is 2.34. The molecule has 1 unspecified atom stereocenters. The minimum atomic E-state index is -0.960. The summed E-state index contributed by atoms with van der Waals surface area (Å²) in [4.78, 5) is 25.1. The van der Waals surface area contributed by atoms with E-state index in [9.17, 15) is 14.7 Å². The average Bonchev–Trinajstić information content (AvgIpc) is 2.43. The summed E-state index contributed by atoms with van der Waals surface area (Å²) >= 11 is 3.45. The molecule has 0 radical (unpaired) electrons. The largest absolute Gasteiger partial charge is 0.480 e. The van der Waals surface area contributed by atoms with Gasteiger partial charge in [-0.2, -0.15) is 0 Å². The predicted molar refractivity (Wildman–Crippen MR) is 79.3 cm³/mol. The Morgan fingerprint density at radius 1 is 1.50 bits per heavy atom. The first-order valence-electron chi connectivity index (χ1n) is 6.44. The van der Waals surface area contributed by atoms with E-state index in [1.807, 2.05) is 18.2 Å². The molecule has 0 bridgehead atoms. The first kappa shape index (κ1) is 14.8. The minimum absolute atomic E-state index is 0.136. The number of carboxylic acid groups (broad SMARTS) is 1. The summed E-state index contributed by atoms with van der Waals surface area (Å²) in [5.74, 6) is -1.10. The van der Waals surface area contributed by atoms with Crippen LogP contribution in [0.4, 0.5) is 0 Å². The second-order valence-corrected chi connectivity index (χ2v) is 5.64. The topological polar surface area (TPSA) is 57.6 Å². The van der Waals surface area contributed by atoms with Crippen molar-refractivity contribution in [2.45, 2.75) is 31.8 Å². The van der Waals surface area contributed by atoms with Crippen LogP contribution < -0.4 is 0 Å². The first-order chi connectivity index (χ1) is 9.54. The zero-order chi connectivity index (χ0) is 14.7. The zero-order valence-corrected chi connectivity index (χ0v) is 12.6. The normalized spacial score (nSPS) is 17.4. The molecule has 0 aliphatic carbocycles. The van der Waals surface area contributed by atoms with E-state index in [2.05, 4.69) is 22.5 Å². The summed E-state index contributed by atoms with van der Waals surface area (Å²) in [6.45, 7) is 3.94.